The maximum absolute atomic E-state index is 12.1. The number of carbonyl (C=O) groups is 1. The fourth-order valence-electron chi connectivity index (χ4n) is 3.30. The molecule has 1 aliphatic carbocycles. The summed E-state index contributed by atoms with van der Waals surface area (Å²) in [5.74, 6) is 0.0412. The van der Waals surface area contributed by atoms with Crippen molar-refractivity contribution in [1.29, 1.82) is 0 Å². The number of halogens is 1. The van der Waals surface area contributed by atoms with Gasteiger partial charge in [0.25, 0.3) is 0 Å². The lowest BCUT2D eigenvalue weighted by molar-refractivity contribution is -0.122. The van der Waals surface area contributed by atoms with Gasteiger partial charge in [-0.2, -0.15) is 0 Å². The van der Waals surface area contributed by atoms with Gasteiger partial charge in [-0.3, -0.25) is 4.79 Å². The van der Waals surface area contributed by atoms with Gasteiger partial charge < -0.3 is 15.7 Å². The van der Waals surface area contributed by atoms with E-state index in [0.29, 0.717) is 18.9 Å². The molecule has 0 aromatic heterocycles. The van der Waals surface area contributed by atoms with Gasteiger partial charge in [0, 0.05) is 18.9 Å². The number of hydrogen-bond acceptors (Lipinski definition) is 3. The first kappa shape index (κ1) is 16.3. The summed E-state index contributed by atoms with van der Waals surface area (Å²) in [6.07, 6.45) is 3.93. The Labute approximate surface area is 131 Å². The first-order chi connectivity index (χ1) is 9.74. The van der Waals surface area contributed by atoms with Crippen LogP contribution in [0.3, 0.4) is 0 Å². The maximum Gasteiger partial charge on any atom is 0.220 e. The van der Waals surface area contributed by atoms with Crippen LogP contribution >= 0.6 is 12.4 Å². The van der Waals surface area contributed by atoms with Crippen LogP contribution in [0.25, 0.3) is 0 Å². The van der Waals surface area contributed by atoms with Crippen molar-refractivity contribution in [2.45, 2.75) is 50.3 Å². The summed E-state index contributed by atoms with van der Waals surface area (Å²) in [6, 6.07) is 8.19. The minimum atomic E-state index is -0.499. The SMILES string of the molecule is Cl.O=C(CCC1CCCN1)N[C@H]1c2ccccc2C[C@H]1O. The Hall–Kier alpha value is -1.10. The third kappa shape index (κ3) is 3.76. The van der Waals surface area contributed by atoms with Crippen molar-refractivity contribution < 1.29 is 9.90 Å². The number of aliphatic hydroxyl groups excluding tert-OH is 1. The second-order valence-electron chi connectivity index (χ2n) is 5.85. The van der Waals surface area contributed by atoms with Crippen molar-refractivity contribution in [1.82, 2.24) is 10.6 Å². The molecule has 1 heterocycles. The molecule has 0 radical (unpaired) electrons. The summed E-state index contributed by atoms with van der Waals surface area (Å²) in [5, 5.41) is 16.5. The number of carbonyl (C=O) groups excluding carboxylic acids is 1. The zero-order valence-corrected chi connectivity index (χ0v) is 12.9. The summed E-state index contributed by atoms with van der Waals surface area (Å²) in [7, 11) is 0. The van der Waals surface area contributed by atoms with E-state index in [4.69, 9.17) is 0 Å². The molecule has 2 aliphatic rings. The van der Waals surface area contributed by atoms with Gasteiger partial charge in [0.15, 0.2) is 0 Å². The monoisotopic (exact) mass is 310 g/mol. The Morgan fingerprint density at radius 2 is 2.19 bits per heavy atom. The molecule has 1 aromatic carbocycles. The smallest absolute Gasteiger partial charge is 0.220 e. The lowest BCUT2D eigenvalue weighted by atomic mass is 10.1. The van der Waals surface area contributed by atoms with Gasteiger partial charge in [-0.15, -0.1) is 12.4 Å². The zero-order valence-electron chi connectivity index (χ0n) is 12.0. The molecule has 4 nitrogen and oxygen atoms in total. The van der Waals surface area contributed by atoms with Crippen LogP contribution in [0.15, 0.2) is 24.3 Å². The first-order valence-electron chi connectivity index (χ1n) is 7.52. The van der Waals surface area contributed by atoms with Gasteiger partial charge >= 0.3 is 0 Å². The second-order valence-corrected chi connectivity index (χ2v) is 5.85. The van der Waals surface area contributed by atoms with Crippen molar-refractivity contribution in [2.24, 2.45) is 0 Å². The highest BCUT2D eigenvalue weighted by Crippen LogP contribution is 2.31. The average Bonchev–Trinajstić information content (AvgIpc) is 3.06. The van der Waals surface area contributed by atoms with Gasteiger partial charge in [0.05, 0.1) is 12.1 Å². The van der Waals surface area contributed by atoms with E-state index >= 15 is 0 Å². The normalized spacial score (nSPS) is 27.0. The van der Waals surface area contributed by atoms with Crippen LogP contribution in [0.1, 0.15) is 42.9 Å². The molecule has 5 heteroatoms. The molecule has 0 bridgehead atoms. The molecule has 116 valence electrons. The quantitative estimate of drug-likeness (QED) is 0.793. The van der Waals surface area contributed by atoms with Gasteiger partial charge in [0.2, 0.25) is 5.91 Å². The van der Waals surface area contributed by atoms with Crippen molar-refractivity contribution in [3.8, 4) is 0 Å². The molecule has 3 N–H and O–H groups in total. The largest absolute Gasteiger partial charge is 0.390 e. The zero-order chi connectivity index (χ0) is 13.9. The molecule has 3 rings (SSSR count). The Morgan fingerprint density at radius 1 is 1.38 bits per heavy atom. The summed E-state index contributed by atoms with van der Waals surface area (Å²) < 4.78 is 0. The molecule has 1 amide bonds. The van der Waals surface area contributed by atoms with E-state index in [2.05, 4.69) is 10.6 Å². The lowest BCUT2D eigenvalue weighted by Crippen LogP contribution is -2.34. The van der Waals surface area contributed by atoms with Crippen LogP contribution in [0.4, 0.5) is 0 Å². The van der Waals surface area contributed by atoms with Crippen LogP contribution in [0, 0.1) is 0 Å². The molecule has 1 saturated heterocycles. The Balaban J connectivity index is 0.00000161. The number of benzene rings is 1. The average molecular weight is 311 g/mol. The van der Waals surface area contributed by atoms with Gasteiger partial charge in [0.1, 0.15) is 0 Å². The van der Waals surface area contributed by atoms with E-state index in [0.717, 1.165) is 24.1 Å². The third-order valence-electron chi connectivity index (χ3n) is 4.40. The highest BCUT2D eigenvalue weighted by molar-refractivity contribution is 5.85. The predicted octanol–water partition coefficient (Wildman–Crippen LogP) is 1.71. The molecule has 1 aromatic rings. The molecular formula is C16H23ClN2O2. The van der Waals surface area contributed by atoms with Crippen LogP contribution in [-0.2, 0) is 11.2 Å². The molecule has 21 heavy (non-hydrogen) atoms. The van der Waals surface area contributed by atoms with Crippen LogP contribution in [-0.4, -0.2) is 29.7 Å². The summed E-state index contributed by atoms with van der Waals surface area (Å²) in [6.45, 7) is 1.07. The maximum atomic E-state index is 12.1. The second kappa shape index (κ2) is 7.25. The first-order valence-corrected chi connectivity index (χ1v) is 7.52. The number of aliphatic hydroxyl groups is 1. The van der Waals surface area contributed by atoms with Crippen LogP contribution in [0.2, 0.25) is 0 Å². The predicted molar refractivity (Wildman–Crippen MR) is 84.5 cm³/mol. The molecule has 1 fully saturated rings. The fraction of sp³-hybridized carbons (Fsp3) is 0.562. The Bertz CT molecular complexity index is 489. The van der Waals surface area contributed by atoms with Gasteiger partial charge in [-0.1, -0.05) is 24.3 Å². The van der Waals surface area contributed by atoms with Crippen LogP contribution in [0.5, 0.6) is 0 Å². The highest BCUT2D eigenvalue weighted by atomic mass is 35.5. The summed E-state index contributed by atoms with van der Waals surface area (Å²) >= 11 is 0. The highest BCUT2D eigenvalue weighted by Gasteiger charge is 2.31. The van der Waals surface area contributed by atoms with Crippen molar-refractivity contribution in [2.75, 3.05) is 6.54 Å². The van der Waals surface area contributed by atoms with Gasteiger partial charge in [-0.05, 0) is 36.9 Å². The fourth-order valence-corrected chi connectivity index (χ4v) is 3.30. The van der Waals surface area contributed by atoms with E-state index in [9.17, 15) is 9.90 Å². The third-order valence-corrected chi connectivity index (χ3v) is 4.40. The number of hydrogen-bond donors (Lipinski definition) is 3. The van der Waals surface area contributed by atoms with E-state index in [1.807, 2.05) is 24.3 Å². The molecule has 0 spiro atoms. The van der Waals surface area contributed by atoms with E-state index in [1.165, 1.54) is 12.8 Å². The van der Waals surface area contributed by atoms with Crippen molar-refractivity contribution in [3.05, 3.63) is 35.4 Å². The molecule has 3 atom stereocenters. The van der Waals surface area contributed by atoms with E-state index in [-0.39, 0.29) is 24.4 Å². The number of rotatable bonds is 4. The standard InChI is InChI=1S/C16H22N2O2.ClH/c19-14-10-11-4-1-2-6-13(11)16(14)18-15(20)8-7-12-5-3-9-17-12;/h1-2,4,6,12,14,16-17,19H,3,5,7-10H2,(H,18,20);1H/t12?,14-,16+;/m1./s1. The topological polar surface area (TPSA) is 61.4 Å². The summed E-state index contributed by atoms with van der Waals surface area (Å²) in [5.41, 5.74) is 2.20. The van der Waals surface area contributed by atoms with E-state index < -0.39 is 6.10 Å². The summed E-state index contributed by atoms with van der Waals surface area (Å²) in [4.78, 5) is 12.1. The lowest BCUT2D eigenvalue weighted by Gasteiger charge is -2.18. The Morgan fingerprint density at radius 3 is 2.95 bits per heavy atom. The molecule has 1 aliphatic heterocycles. The van der Waals surface area contributed by atoms with E-state index in [1.54, 1.807) is 0 Å². The van der Waals surface area contributed by atoms with Gasteiger partial charge in [-0.25, -0.2) is 0 Å². The van der Waals surface area contributed by atoms with Crippen molar-refractivity contribution >= 4 is 18.3 Å². The Kier molecular flexibility index (Phi) is 5.62. The number of nitrogens with one attached hydrogen (secondary N) is 2. The molecule has 0 saturated carbocycles. The minimum Gasteiger partial charge on any atom is -0.390 e. The number of amides is 1. The van der Waals surface area contributed by atoms with Crippen LogP contribution < -0.4 is 10.6 Å². The minimum absolute atomic E-state index is 0. The molecular weight excluding hydrogens is 288 g/mol. The van der Waals surface area contributed by atoms with Crippen molar-refractivity contribution in [3.63, 3.8) is 0 Å². The number of fused-ring (bicyclic) bond motifs is 1. The molecule has 1 unspecified atom stereocenters.